The van der Waals surface area contributed by atoms with Crippen LogP contribution in [-0.2, 0) is 6.54 Å². The number of fused-ring (bicyclic) bond motifs is 1. The molecule has 0 aliphatic heterocycles. The van der Waals surface area contributed by atoms with Crippen molar-refractivity contribution in [2.75, 3.05) is 0 Å². The summed E-state index contributed by atoms with van der Waals surface area (Å²) in [5.74, 6) is -0.0234. The van der Waals surface area contributed by atoms with Gasteiger partial charge in [0, 0.05) is 28.8 Å². The van der Waals surface area contributed by atoms with Crippen LogP contribution in [-0.4, -0.2) is 10.2 Å². The molecule has 128 valence electrons. The molecule has 0 amide bonds. The highest BCUT2D eigenvalue weighted by molar-refractivity contribution is 6.30. The van der Waals surface area contributed by atoms with Gasteiger partial charge in [0.1, 0.15) is 0 Å². The van der Waals surface area contributed by atoms with E-state index >= 15 is 0 Å². The molecule has 0 aliphatic carbocycles. The SMILES string of the molecule is Oc1c2ccccc2[n+](Cc2ccccc2)c(O)[n+]1-c1ccc(Cl)cc1. The zero-order valence-electron chi connectivity index (χ0n) is 13.9. The molecule has 0 bridgehead atoms. The van der Waals surface area contributed by atoms with Crippen molar-refractivity contribution in [3.05, 3.63) is 89.4 Å². The number of aromatic nitrogens is 2. The standard InChI is InChI=1S/C21H15ClN2O2/c22-16-10-12-17(13-11-16)24-20(25)18-8-4-5-9-19(18)23(21(24)26)14-15-6-2-1-3-7-15/h1-13H,14H2/p+2. The summed E-state index contributed by atoms with van der Waals surface area (Å²) in [4.78, 5) is 0. The number of para-hydroxylation sites is 1. The van der Waals surface area contributed by atoms with Crippen molar-refractivity contribution in [3.8, 4) is 17.6 Å². The second-order valence-electron chi connectivity index (χ2n) is 6.02. The lowest BCUT2D eigenvalue weighted by Crippen LogP contribution is -2.47. The van der Waals surface area contributed by atoms with Gasteiger partial charge in [-0.1, -0.05) is 58.6 Å². The Balaban J connectivity index is 1.99. The van der Waals surface area contributed by atoms with Gasteiger partial charge in [-0.2, -0.15) is 0 Å². The fourth-order valence-corrected chi connectivity index (χ4v) is 3.22. The van der Waals surface area contributed by atoms with Crippen LogP contribution in [0, 0.1) is 0 Å². The van der Waals surface area contributed by atoms with Gasteiger partial charge in [0.2, 0.25) is 11.2 Å². The topological polar surface area (TPSA) is 48.2 Å². The summed E-state index contributed by atoms with van der Waals surface area (Å²) in [6.45, 7) is 0.473. The van der Waals surface area contributed by atoms with E-state index in [1.165, 1.54) is 4.57 Å². The van der Waals surface area contributed by atoms with Crippen molar-refractivity contribution in [1.82, 2.24) is 0 Å². The van der Waals surface area contributed by atoms with Crippen molar-refractivity contribution in [2.24, 2.45) is 0 Å². The maximum atomic E-state index is 11.0. The van der Waals surface area contributed by atoms with Gasteiger partial charge in [-0.3, -0.25) is 0 Å². The van der Waals surface area contributed by atoms with E-state index in [4.69, 9.17) is 11.6 Å². The van der Waals surface area contributed by atoms with Crippen LogP contribution in [0.2, 0.25) is 5.02 Å². The Kier molecular flexibility index (Phi) is 4.19. The molecule has 0 spiro atoms. The third-order valence-electron chi connectivity index (χ3n) is 4.36. The highest BCUT2D eigenvalue weighted by Crippen LogP contribution is 2.23. The minimum atomic E-state index is -0.0626. The van der Waals surface area contributed by atoms with Crippen LogP contribution in [0.1, 0.15) is 5.56 Å². The number of hydrogen-bond acceptors (Lipinski definition) is 2. The summed E-state index contributed by atoms with van der Waals surface area (Å²) in [6.07, 6.45) is 0. The molecule has 0 unspecified atom stereocenters. The average Bonchev–Trinajstić information content (AvgIpc) is 2.67. The Morgan fingerprint density at radius 2 is 1.42 bits per heavy atom. The Hall–Kier alpha value is -3.11. The van der Waals surface area contributed by atoms with Crippen LogP contribution in [0.5, 0.6) is 11.9 Å². The molecule has 0 aliphatic rings. The smallest absolute Gasteiger partial charge is 0.459 e. The summed E-state index contributed by atoms with van der Waals surface area (Å²) in [7, 11) is 0. The summed E-state index contributed by atoms with van der Waals surface area (Å²) in [6, 6.07) is 24.2. The van der Waals surface area contributed by atoms with Crippen LogP contribution in [0.3, 0.4) is 0 Å². The van der Waals surface area contributed by atoms with Crippen LogP contribution < -0.4 is 9.13 Å². The number of aromatic hydroxyl groups is 2. The van der Waals surface area contributed by atoms with Crippen molar-refractivity contribution < 1.29 is 19.3 Å². The molecule has 1 heterocycles. The van der Waals surface area contributed by atoms with Gasteiger partial charge in [0.15, 0.2) is 11.9 Å². The predicted molar refractivity (Wildman–Crippen MR) is 99.6 cm³/mol. The van der Waals surface area contributed by atoms with Crippen LogP contribution >= 0.6 is 11.6 Å². The van der Waals surface area contributed by atoms with Crippen LogP contribution in [0.15, 0.2) is 78.9 Å². The lowest BCUT2D eigenvalue weighted by Gasteiger charge is -2.05. The van der Waals surface area contributed by atoms with E-state index in [9.17, 15) is 10.2 Å². The van der Waals surface area contributed by atoms with Crippen molar-refractivity contribution >= 4 is 22.5 Å². The summed E-state index contributed by atoms with van der Waals surface area (Å²) in [5, 5.41) is 23.0. The first-order valence-electron chi connectivity index (χ1n) is 8.23. The number of hydrogen-bond donors (Lipinski definition) is 2. The molecule has 3 aromatic carbocycles. The Morgan fingerprint density at radius 1 is 0.769 bits per heavy atom. The minimum absolute atomic E-state index is 0.0234. The maximum absolute atomic E-state index is 11.0. The van der Waals surface area contributed by atoms with Crippen molar-refractivity contribution in [2.45, 2.75) is 6.54 Å². The zero-order valence-corrected chi connectivity index (χ0v) is 14.6. The van der Waals surface area contributed by atoms with Gasteiger partial charge in [0.05, 0.1) is 0 Å². The zero-order chi connectivity index (χ0) is 18.1. The first-order chi connectivity index (χ1) is 12.6. The Labute approximate surface area is 155 Å². The molecular weight excluding hydrogens is 348 g/mol. The first kappa shape index (κ1) is 16.4. The summed E-state index contributed by atoms with van der Waals surface area (Å²) < 4.78 is 3.20. The molecule has 26 heavy (non-hydrogen) atoms. The molecule has 1 aromatic heterocycles. The van der Waals surface area contributed by atoms with E-state index in [-0.39, 0.29) is 11.9 Å². The van der Waals surface area contributed by atoms with Gasteiger partial charge >= 0.3 is 11.9 Å². The third kappa shape index (κ3) is 2.85. The van der Waals surface area contributed by atoms with E-state index in [1.807, 2.05) is 54.6 Å². The van der Waals surface area contributed by atoms with Gasteiger partial charge in [-0.05, 0) is 22.8 Å². The van der Waals surface area contributed by atoms with Crippen LogP contribution in [0.25, 0.3) is 16.6 Å². The number of benzene rings is 3. The number of halogens is 1. The average molecular weight is 365 g/mol. The monoisotopic (exact) mass is 364 g/mol. The lowest BCUT2D eigenvalue weighted by atomic mass is 10.2. The number of nitrogens with zero attached hydrogens (tertiary/aromatic N) is 2. The van der Waals surface area contributed by atoms with Crippen molar-refractivity contribution in [1.29, 1.82) is 0 Å². The highest BCUT2D eigenvalue weighted by Gasteiger charge is 2.35. The molecule has 4 rings (SSSR count). The van der Waals surface area contributed by atoms with Gasteiger partial charge in [0.25, 0.3) is 0 Å². The second-order valence-corrected chi connectivity index (χ2v) is 6.46. The molecule has 0 saturated heterocycles. The molecule has 4 nitrogen and oxygen atoms in total. The Morgan fingerprint density at radius 3 is 2.15 bits per heavy atom. The van der Waals surface area contributed by atoms with Gasteiger partial charge in [-0.15, -0.1) is 0 Å². The third-order valence-corrected chi connectivity index (χ3v) is 4.61. The summed E-state index contributed by atoms with van der Waals surface area (Å²) >= 11 is 5.97. The molecule has 0 fully saturated rings. The first-order valence-corrected chi connectivity index (χ1v) is 8.61. The molecule has 0 radical (unpaired) electrons. The molecule has 2 N–H and O–H groups in total. The molecule has 0 saturated carbocycles. The van der Waals surface area contributed by atoms with E-state index in [1.54, 1.807) is 28.8 Å². The van der Waals surface area contributed by atoms with E-state index in [2.05, 4.69) is 0 Å². The largest absolute Gasteiger partial charge is 0.638 e. The minimum Gasteiger partial charge on any atom is -0.459 e. The lowest BCUT2D eigenvalue weighted by molar-refractivity contribution is -0.776. The van der Waals surface area contributed by atoms with E-state index in [0.717, 1.165) is 11.1 Å². The quantitative estimate of drug-likeness (QED) is 0.546. The second kappa shape index (κ2) is 6.65. The number of rotatable bonds is 3. The fraction of sp³-hybridized carbons (Fsp3) is 0.0476. The normalized spacial score (nSPS) is 11.0. The molecule has 0 atom stereocenters. The Bertz CT molecular complexity index is 1080. The van der Waals surface area contributed by atoms with Crippen molar-refractivity contribution in [3.63, 3.8) is 0 Å². The van der Waals surface area contributed by atoms with Crippen LogP contribution in [0.4, 0.5) is 0 Å². The highest BCUT2D eigenvalue weighted by atomic mass is 35.5. The summed E-state index contributed by atoms with van der Waals surface area (Å²) in [5.41, 5.74) is 2.42. The van der Waals surface area contributed by atoms with E-state index < -0.39 is 0 Å². The van der Waals surface area contributed by atoms with Gasteiger partial charge in [-0.25, -0.2) is 0 Å². The molecule has 4 aromatic rings. The molecule has 5 heteroatoms. The van der Waals surface area contributed by atoms with Gasteiger partial charge < -0.3 is 10.2 Å². The molecular formula is C21H17ClN2O2+2. The predicted octanol–water partition coefficient (Wildman–Crippen LogP) is 3.52. The van der Waals surface area contributed by atoms with E-state index in [0.29, 0.717) is 22.6 Å². The maximum Gasteiger partial charge on any atom is 0.638 e. The fourth-order valence-electron chi connectivity index (χ4n) is 3.09.